The van der Waals surface area contributed by atoms with E-state index in [2.05, 4.69) is 13.8 Å². The molecule has 0 aliphatic heterocycles. The van der Waals surface area contributed by atoms with E-state index >= 15 is 0 Å². The van der Waals surface area contributed by atoms with Crippen LogP contribution in [-0.2, 0) is 0 Å². The summed E-state index contributed by atoms with van der Waals surface area (Å²) in [6.07, 6.45) is 9.32. The number of hydrogen-bond donors (Lipinski definition) is 0. The number of carbonyl (C=O) groups is 1. The van der Waals surface area contributed by atoms with Gasteiger partial charge in [0.05, 0.1) is 12.2 Å². The van der Waals surface area contributed by atoms with Crippen molar-refractivity contribution in [3.05, 3.63) is 77.6 Å². The molecule has 0 unspecified atom stereocenters. The lowest BCUT2D eigenvalue weighted by molar-refractivity contribution is 0.0734. The van der Waals surface area contributed by atoms with Crippen LogP contribution in [0.15, 0.2) is 54.6 Å². The number of unbranched alkanes of at least 4 members (excludes halogenated alkanes) is 8. The van der Waals surface area contributed by atoms with Crippen LogP contribution in [0.5, 0.6) is 17.2 Å². The fourth-order valence-electron chi connectivity index (χ4n) is 4.60. The molecule has 0 amide bonds. The monoisotopic (exact) mass is 602 g/mol. The third-order valence-corrected chi connectivity index (χ3v) is 7.14. The standard InChI is InChI=1S/C35H42F4O4/c1-3-5-7-9-10-12-22-41-32-21-19-29(33(38)34(32)39)25-14-17-28(18-15-25)43-35(40)26-16-20-31(30(37)23-26)42-24-27(36)13-11-8-6-4-2/h14-21,23,27H,3-13,22,24H2,1-2H3/t27-/m0/s1. The molecule has 0 aliphatic rings. The number of halogens is 4. The Morgan fingerprint density at radius 2 is 1.37 bits per heavy atom. The Bertz CT molecular complexity index is 1280. The zero-order valence-corrected chi connectivity index (χ0v) is 25.1. The van der Waals surface area contributed by atoms with Gasteiger partial charge >= 0.3 is 5.97 Å². The first kappa shape index (κ1) is 33.9. The summed E-state index contributed by atoms with van der Waals surface area (Å²) in [6, 6.07) is 12.3. The van der Waals surface area contributed by atoms with Gasteiger partial charge in [0, 0.05) is 5.56 Å². The molecule has 0 fully saturated rings. The van der Waals surface area contributed by atoms with E-state index in [0.29, 0.717) is 18.6 Å². The molecule has 43 heavy (non-hydrogen) atoms. The van der Waals surface area contributed by atoms with Crippen LogP contribution >= 0.6 is 0 Å². The van der Waals surface area contributed by atoms with Gasteiger partial charge in [0.25, 0.3) is 0 Å². The van der Waals surface area contributed by atoms with Gasteiger partial charge in [0.2, 0.25) is 5.82 Å². The van der Waals surface area contributed by atoms with E-state index in [1.54, 1.807) is 0 Å². The third kappa shape index (κ3) is 10.9. The van der Waals surface area contributed by atoms with Gasteiger partial charge in [-0.2, -0.15) is 4.39 Å². The van der Waals surface area contributed by atoms with Crippen LogP contribution < -0.4 is 14.2 Å². The first-order valence-electron chi connectivity index (χ1n) is 15.3. The quantitative estimate of drug-likeness (QED) is 0.0593. The average Bonchev–Trinajstić information content (AvgIpc) is 3.00. The fourth-order valence-corrected chi connectivity index (χ4v) is 4.60. The number of ether oxygens (including phenoxy) is 3. The minimum atomic E-state index is -1.20. The van der Waals surface area contributed by atoms with Crippen molar-refractivity contribution in [2.45, 2.75) is 90.6 Å². The van der Waals surface area contributed by atoms with Crippen molar-refractivity contribution in [2.24, 2.45) is 0 Å². The third-order valence-electron chi connectivity index (χ3n) is 7.14. The molecule has 0 spiro atoms. The highest BCUT2D eigenvalue weighted by Crippen LogP contribution is 2.31. The summed E-state index contributed by atoms with van der Waals surface area (Å²) < 4.78 is 74.1. The minimum Gasteiger partial charge on any atom is -0.490 e. The summed E-state index contributed by atoms with van der Waals surface area (Å²) in [5.41, 5.74) is 0.356. The lowest BCUT2D eigenvalue weighted by Gasteiger charge is -2.12. The zero-order valence-electron chi connectivity index (χ0n) is 25.1. The second kappa shape index (κ2) is 18.2. The second-order valence-corrected chi connectivity index (χ2v) is 10.7. The summed E-state index contributed by atoms with van der Waals surface area (Å²) in [5, 5.41) is 0. The summed E-state index contributed by atoms with van der Waals surface area (Å²) in [5.74, 6) is -3.85. The summed E-state index contributed by atoms with van der Waals surface area (Å²) in [7, 11) is 0. The Balaban J connectivity index is 1.52. The average molecular weight is 603 g/mol. The highest BCUT2D eigenvalue weighted by molar-refractivity contribution is 5.91. The Morgan fingerprint density at radius 3 is 2.07 bits per heavy atom. The van der Waals surface area contributed by atoms with Crippen molar-refractivity contribution in [3.8, 4) is 28.4 Å². The van der Waals surface area contributed by atoms with Gasteiger partial charge in [-0.3, -0.25) is 0 Å². The highest BCUT2D eigenvalue weighted by Gasteiger charge is 2.17. The molecule has 0 bridgehead atoms. The van der Waals surface area contributed by atoms with Gasteiger partial charge in [-0.1, -0.05) is 83.8 Å². The molecule has 3 rings (SSSR count). The van der Waals surface area contributed by atoms with Crippen molar-refractivity contribution in [1.29, 1.82) is 0 Å². The predicted molar refractivity (Wildman–Crippen MR) is 161 cm³/mol. The number of esters is 1. The molecular formula is C35H42F4O4. The van der Waals surface area contributed by atoms with Gasteiger partial charge in [-0.15, -0.1) is 0 Å². The second-order valence-electron chi connectivity index (χ2n) is 10.7. The first-order valence-corrected chi connectivity index (χ1v) is 15.3. The van der Waals surface area contributed by atoms with Gasteiger partial charge in [0.1, 0.15) is 18.5 Å². The van der Waals surface area contributed by atoms with Crippen LogP contribution in [0.4, 0.5) is 17.6 Å². The molecule has 3 aromatic rings. The number of hydrogen-bond acceptors (Lipinski definition) is 4. The van der Waals surface area contributed by atoms with E-state index in [0.717, 1.165) is 63.9 Å². The summed E-state index contributed by atoms with van der Waals surface area (Å²) in [4.78, 5) is 12.6. The maximum Gasteiger partial charge on any atom is 0.343 e. The number of alkyl halides is 1. The Hall–Kier alpha value is -3.55. The molecule has 234 valence electrons. The molecule has 3 aromatic carbocycles. The molecular weight excluding hydrogens is 560 g/mol. The van der Waals surface area contributed by atoms with Crippen LogP contribution in [0.2, 0.25) is 0 Å². The fraction of sp³-hybridized carbons (Fsp3) is 0.457. The normalized spacial score (nSPS) is 11.8. The molecule has 0 heterocycles. The summed E-state index contributed by atoms with van der Waals surface area (Å²) >= 11 is 0. The van der Waals surface area contributed by atoms with Crippen molar-refractivity contribution >= 4 is 5.97 Å². The topological polar surface area (TPSA) is 44.8 Å². The van der Waals surface area contributed by atoms with Crippen molar-refractivity contribution in [2.75, 3.05) is 13.2 Å². The lowest BCUT2D eigenvalue weighted by atomic mass is 10.0. The van der Waals surface area contributed by atoms with Crippen LogP contribution in [0.25, 0.3) is 11.1 Å². The predicted octanol–water partition coefficient (Wildman–Crippen LogP) is 10.4. The van der Waals surface area contributed by atoms with Gasteiger partial charge in [-0.25, -0.2) is 18.0 Å². The zero-order chi connectivity index (χ0) is 31.0. The molecule has 0 aromatic heterocycles. The van der Waals surface area contributed by atoms with Gasteiger partial charge in [0.15, 0.2) is 23.1 Å². The van der Waals surface area contributed by atoms with Crippen LogP contribution in [0, 0.1) is 17.5 Å². The molecule has 0 N–H and O–H groups in total. The van der Waals surface area contributed by atoms with Crippen molar-refractivity contribution in [1.82, 2.24) is 0 Å². The number of benzene rings is 3. The first-order chi connectivity index (χ1) is 20.8. The molecule has 4 nitrogen and oxygen atoms in total. The van der Waals surface area contributed by atoms with E-state index in [4.69, 9.17) is 14.2 Å². The molecule has 0 aliphatic carbocycles. The molecule has 8 heteroatoms. The smallest absolute Gasteiger partial charge is 0.343 e. The van der Waals surface area contributed by atoms with E-state index in [-0.39, 0.29) is 35.0 Å². The highest BCUT2D eigenvalue weighted by atomic mass is 19.2. The maximum absolute atomic E-state index is 14.8. The molecule has 0 radical (unpaired) electrons. The molecule has 1 atom stereocenters. The van der Waals surface area contributed by atoms with Crippen molar-refractivity contribution < 1.29 is 36.6 Å². The number of carbonyl (C=O) groups excluding carboxylic acids is 1. The Morgan fingerprint density at radius 1 is 0.721 bits per heavy atom. The Kier molecular flexibility index (Phi) is 14.4. The lowest BCUT2D eigenvalue weighted by Crippen LogP contribution is -2.14. The van der Waals surface area contributed by atoms with E-state index in [1.165, 1.54) is 55.0 Å². The van der Waals surface area contributed by atoms with Gasteiger partial charge < -0.3 is 14.2 Å². The van der Waals surface area contributed by atoms with Gasteiger partial charge in [-0.05, 0) is 60.9 Å². The molecule has 0 saturated heterocycles. The van der Waals surface area contributed by atoms with E-state index in [9.17, 15) is 22.4 Å². The molecule has 0 saturated carbocycles. The van der Waals surface area contributed by atoms with Crippen LogP contribution in [-0.4, -0.2) is 25.4 Å². The Labute approximate surface area is 252 Å². The van der Waals surface area contributed by atoms with Crippen LogP contribution in [0.1, 0.15) is 94.8 Å². The SMILES string of the molecule is CCCCCCCCOc1ccc(-c2ccc(OC(=O)c3ccc(OC[C@@H](F)CCCCCC)c(F)c3)cc2)c(F)c1F. The van der Waals surface area contributed by atoms with Crippen LogP contribution in [0.3, 0.4) is 0 Å². The maximum atomic E-state index is 14.8. The van der Waals surface area contributed by atoms with Crippen molar-refractivity contribution in [3.63, 3.8) is 0 Å². The number of rotatable bonds is 19. The van der Waals surface area contributed by atoms with E-state index in [1.807, 2.05) is 0 Å². The van der Waals surface area contributed by atoms with E-state index < -0.39 is 29.6 Å². The minimum absolute atomic E-state index is 0.0384. The summed E-state index contributed by atoms with van der Waals surface area (Å²) in [6.45, 7) is 4.28. The largest absolute Gasteiger partial charge is 0.490 e.